The zero-order valence-electron chi connectivity index (χ0n) is 24.4. The van der Waals surface area contributed by atoms with E-state index in [1.165, 1.54) is 0 Å². The maximum absolute atomic E-state index is 13.1. The van der Waals surface area contributed by atoms with Gasteiger partial charge in [0.1, 0.15) is 23.0 Å². The van der Waals surface area contributed by atoms with E-state index in [1.54, 1.807) is 0 Å². The van der Waals surface area contributed by atoms with Crippen LogP contribution in [0.25, 0.3) is 33.1 Å². The van der Waals surface area contributed by atoms with E-state index in [4.69, 9.17) is 28.8 Å². The number of fused-ring (bicyclic) bond motifs is 12. The number of furan rings is 1. The predicted molar refractivity (Wildman–Crippen MR) is 163 cm³/mol. The van der Waals surface area contributed by atoms with Crippen molar-refractivity contribution in [3.05, 3.63) is 54.4 Å². The van der Waals surface area contributed by atoms with Gasteiger partial charge in [0.15, 0.2) is 11.4 Å². The smallest absolute Gasteiger partial charge is 0.297 e. The lowest BCUT2D eigenvalue weighted by Crippen LogP contribution is -2.43. The maximum Gasteiger partial charge on any atom is 0.297 e. The fourth-order valence-corrected chi connectivity index (χ4v) is 7.03. The van der Waals surface area contributed by atoms with Crippen LogP contribution >= 0.6 is 0 Å². The minimum absolute atomic E-state index is 0.0562. The van der Waals surface area contributed by atoms with Gasteiger partial charge >= 0.3 is 0 Å². The SMILES string of the molecule is C[C@H]1CN2CC[C@@H]1n1c(nc3ccccc31)O[C@H]1CCN(C1)c1nc(nc3c1oc1ccccc13)CCOCCCC2=O. The normalized spacial score (nSPS) is 23.7. The Kier molecular flexibility index (Phi) is 6.66. The van der Waals surface area contributed by atoms with Crippen LogP contribution in [0.1, 0.15) is 44.5 Å². The van der Waals surface area contributed by atoms with Gasteiger partial charge in [-0.3, -0.25) is 9.36 Å². The van der Waals surface area contributed by atoms with Gasteiger partial charge in [0.25, 0.3) is 6.01 Å². The summed E-state index contributed by atoms with van der Waals surface area (Å²) >= 11 is 0. The average molecular weight is 581 g/mol. The summed E-state index contributed by atoms with van der Waals surface area (Å²) in [6.45, 7) is 6.20. The first-order valence-corrected chi connectivity index (χ1v) is 15.5. The third-order valence-corrected chi connectivity index (χ3v) is 9.22. The fourth-order valence-electron chi connectivity index (χ4n) is 7.03. The summed E-state index contributed by atoms with van der Waals surface area (Å²) in [6.07, 6.45) is 3.42. The van der Waals surface area contributed by atoms with Crippen LogP contribution in [0.5, 0.6) is 6.01 Å². The van der Waals surface area contributed by atoms with Crippen LogP contribution < -0.4 is 9.64 Å². The molecule has 2 fully saturated rings. The number of hydrogen-bond donors (Lipinski definition) is 0. The van der Waals surface area contributed by atoms with Crippen LogP contribution in [0.3, 0.4) is 0 Å². The Hall–Kier alpha value is -4.18. The number of amides is 1. The molecule has 10 nitrogen and oxygen atoms in total. The molecule has 1 amide bonds. The predicted octanol–water partition coefficient (Wildman–Crippen LogP) is 5.15. The Morgan fingerprint density at radius 3 is 2.67 bits per heavy atom. The first-order chi connectivity index (χ1) is 21.1. The third kappa shape index (κ3) is 4.77. The molecule has 3 atom stereocenters. The van der Waals surface area contributed by atoms with Gasteiger partial charge in [-0.15, -0.1) is 0 Å². The standard InChI is InChI=1S/C33H36N6O4/c1-21-19-37-16-13-25(21)39-26-9-4-3-8-24(26)34-33(39)42-22-12-15-38(20-22)32-31-30(23-7-2-5-10-27(23)43-31)35-28(36-32)14-18-41-17-6-11-29(37)40/h2-5,7-10,21-22,25H,6,11-20H2,1H3/t21-,22-,25-/m0/s1. The van der Waals surface area contributed by atoms with Gasteiger partial charge in [-0.25, -0.2) is 9.97 Å². The molecule has 5 aromatic rings. The van der Waals surface area contributed by atoms with Crippen LogP contribution in [-0.4, -0.2) is 75.8 Å². The maximum atomic E-state index is 13.1. The molecule has 222 valence electrons. The number of piperidine rings is 1. The minimum Gasteiger partial charge on any atom is -0.459 e. The van der Waals surface area contributed by atoms with Gasteiger partial charge in [-0.1, -0.05) is 31.2 Å². The number of hydrogen-bond acceptors (Lipinski definition) is 8. The van der Waals surface area contributed by atoms with E-state index in [0.29, 0.717) is 50.6 Å². The topological polar surface area (TPSA) is 98.8 Å². The quantitative estimate of drug-likeness (QED) is 0.248. The van der Waals surface area contributed by atoms with Crippen molar-refractivity contribution in [1.29, 1.82) is 0 Å². The van der Waals surface area contributed by atoms with E-state index in [9.17, 15) is 4.79 Å². The molecular weight excluding hydrogens is 544 g/mol. The average Bonchev–Trinajstić information content (AvgIpc) is 3.73. The molecular formula is C33H36N6O4. The number of benzene rings is 2. The molecule has 0 saturated carbocycles. The van der Waals surface area contributed by atoms with Crippen molar-refractivity contribution in [2.24, 2.45) is 5.92 Å². The number of ether oxygens (including phenoxy) is 2. The van der Waals surface area contributed by atoms with Gasteiger partial charge < -0.3 is 23.7 Å². The number of para-hydroxylation sites is 3. The summed E-state index contributed by atoms with van der Waals surface area (Å²) in [5.41, 5.74) is 4.35. The first kappa shape index (κ1) is 26.4. The molecule has 4 aliphatic heterocycles. The molecule has 9 rings (SSSR count). The van der Waals surface area contributed by atoms with E-state index >= 15 is 0 Å². The number of carbonyl (C=O) groups is 1. The summed E-state index contributed by atoms with van der Waals surface area (Å²) < 4.78 is 21.3. The molecule has 0 N–H and O–H groups in total. The lowest BCUT2D eigenvalue weighted by atomic mass is 9.93. The number of aromatic nitrogens is 4. The van der Waals surface area contributed by atoms with Crippen molar-refractivity contribution in [2.45, 2.75) is 51.2 Å². The Morgan fingerprint density at radius 2 is 1.74 bits per heavy atom. The van der Waals surface area contributed by atoms with Crippen molar-refractivity contribution in [3.8, 4) is 6.01 Å². The van der Waals surface area contributed by atoms with Crippen molar-refractivity contribution in [1.82, 2.24) is 24.4 Å². The van der Waals surface area contributed by atoms with Crippen molar-refractivity contribution in [3.63, 3.8) is 0 Å². The molecule has 0 unspecified atom stereocenters. The summed E-state index contributed by atoms with van der Waals surface area (Å²) in [5, 5.41) is 0.983. The van der Waals surface area contributed by atoms with Gasteiger partial charge in [0.05, 0.1) is 24.2 Å². The molecule has 0 radical (unpaired) electrons. The summed E-state index contributed by atoms with van der Waals surface area (Å²) in [7, 11) is 0. The van der Waals surface area contributed by atoms with Crippen LogP contribution in [0.2, 0.25) is 0 Å². The zero-order chi connectivity index (χ0) is 28.9. The number of anilines is 1. The second-order valence-electron chi connectivity index (χ2n) is 12.1. The lowest BCUT2D eigenvalue weighted by molar-refractivity contribution is -0.133. The number of carbonyl (C=O) groups excluding carboxylic acids is 1. The molecule has 7 heterocycles. The zero-order valence-corrected chi connectivity index (χ0v) is 24.4. The Labute approximate surface area is 249 Å². The number of rotatable bonds is 0. The molecule has 6 bridgehead atoms. The van der Waals surface area contributed by atoms with Crippen LogP contribution in [0.15, 0.2) is 52.9 Å². The fraction of sp³-hybridized carbons (Fsp3) is 0.455. The number of imidazole rings is 1. The van der Waals surface area contributed by atoms with E-state index in [0.717, 1.165) is 71.6 Å². The molecule has 10 heteroatoms. The van der Waals surface area contributed by atoms with Crippen molar-refractivity contribution in [2.75, 3.05) is 44.3 Å². The molecule has 0 aliphatic carbocycles. The van der Waals surface area contributed by atoms with Crippen molar-refractivity contribution < 1.29 is 18.7 Å². The van der Waals surface area contributed by atoms with Gasteiger partial charge in [0.2, 0.25) is 5.91 Å². The van der Waals surface area contributed by atoms with E-state index in [-0.39, 0.29) is 24.0 Å². The largest absolute Gasteiger partial charge is 0.459 e. The highest BCUT2D eigenvalue weighted by Gasteiger charge is 2.35. The molecule has 2 aromatic carbocycles. The van der Waals surface area contributed by atoms with Gasteiger partial charge in [-0.2, -0.15) is 4.98 Å². The van der Waals surface area contributed by atoms with Crippen molar-refractivity contribution >= 4 is 44.8 Å². The second-order valence-corrected chi connectivity index (χ2v) is 12.1. The minimum atomic E-state index is -0.0562. The van der Waals surface area contributed by atoms with Gasteiger partial charge in [-0.05, 0) is 43.0 Å². The van der Waals surface area contributed by atoms with E-state index < -0.39 is 0 Å². The van der Waals surface area contributed by atoms with E-state index in [2.05, 4.69) is 28.5 Å². The highest BCUT2D eigenvalue weighted by Crippen LogP contribution is 2.38. The third-order valence-electron chi connectivity index (χ3n) is 9.22. The summed E-state index contributed by atoms with van der Waals surface area (Å²) in [5.74, 6) is 1.99. The molecule has 43 heavy (non-hydrogen) atoms. The van der Waals surface area contributed by atoms with Crippen LogP contribution in [-0.2, 0) is 16.0 Å². The lowest BCUT2D eigenvalue weighted by Gasteiger charge is -2.38. The van der Waals surface area contributed by atoms with Gasteiger partial charge in [0, 0.05) is 56.9 Å². The van der Waals surface area contributed by atoms with Crippen LogP contribution in [0.4, 0.5) is 5.82 Å². The Bertz CT molecular complexity index is 1810. The highest BCUT2D eigenvalue weighted by molar-refractivity contribution is 6.05. The monoisotopic (exact) mass is 580 g/mol. The Balaban J connectivity index is 1.18. The van der Waals surface area contributed by atoms with Crippen LogP contribution in [0, 0.1) is 5.92 Å². The first-order valence-electron chi connectivity index (χ1n) is 15.5. The van der Waals surface area contributed by atoms with E-state index in [1.807, 2.05) is 41.3 Å². The summed E-state index contributed by atoms with van der Waals surface area (Å²) in [4.78, 5) is 32.3. The Morgan fingerprint density at radius 1 is 0.884 bits per heavy atom. The molecule has 2 saturated heterocycles. The molecule has 4 aliphatic rings. The highest BCUT2D eigenvalue weighted by atomic mass is 16.5. The number of nitrogens with zero attached hydrogens (tertiary/aromatic N) is 6. The second kappa shape index (κ2) is 10.8. The molecule has 3 aromatic heterocycles. The summed E-state index contributed by atoms with van der Waals surface area (Å²) in [6, 6.07) is 17.1. The molecule has 0 spiro atoms.